The van der Waals surface area contributed by atoms with Gasteiger partial charge in [0.15, 0.2) is 0 Å². The maximum atomic E-state index is 13.1. The quantitative estimate of drug-likeness (QED) is 0.633. The number of benzene rings is 2. The van der Waals surface area contributed by atoms with E-state index in [1.165, 1.54) is 16.0 Å². The fraction of sp³-hybridized carbons (Fsp3) is 0.444. The Morgan fingerprint density at radius 3 is 2.26 bits per heavy atom. The van der Waals surface area contributed by atoms with Crippen LogP contribution in [-0.2, 0) is 14.3 Å². The molecule has 0 bridgehead atoms. The first-order valence-electron chi connectivity index (χ1n) is 11.8. The number of nitrogens with one attached hydrogen (secondary N) is 1. The van der Waals surface area contributed by atoms with Crippen LogP contribution >= 0.6 is 0 Å². The summed E-state index contributed by atoms with van der Waals surface area (Å²) in [6, 6.07) is 16.3. The maximum absolute atomic E-state index is 13.1. The normalized spacial score (nSPS) is 19.4. The number of hydrogen-bond acceptors (Lipinski definition) is 4. The lowest BCUT2D eigenvalue weighted by Crippen LogP contribution is -2.54. The van der Waals surface area contributed by atoms with E-state index in [9.17, 15) is 19.5 Å². The van der Waals surface area contributed by atoms with Crippen LogP contribution in [0.5, 0.6) is 0 Å². The zero-order chi connectivity index (χ0) is 24.5. The van der Waals surface area contributed by atoms with Gasteiger partial charge in [-0.1, -0.05) is 62.4 Å². The summed E-state index contributed by atoms with van der Waals surface area (Å²) in [5.74, 6) is -1.20. The molecule has 2 aromatic rings. The second-order valence-electron chi connectivity index (χ2n) is 10.0. The molecule has 4 rings (SSSR count). The van der Waals surface area contributed by atoms with Crippen molar-refractivity contribution in [3.05, 3.63) is 59.7 Å². The van der Waals surface area contributed by atoms with Crippen LogP contribution in [0.2, 0.25) is 0 Å². The van der Waals surface area contributed by atoms with Crippen molar-refractivity contribution in [3.8, 4) is 11.1 Å². The van der Waals surface area contributed by atoms with E-state index >= 15 is 0 Å². The number of amides is 2. The predicted molar refractivity (Wildman–Crippen MR) is 128 cm³/mol. The van der Waals surface area contributed by atoms with Gasteiger partial charge in [-0.15, -0.1) is 0 Å². The molecule has 1 aliphatic heterocycles. The first-order valence-corrected chi connectivity index (χ1v) is 11.8. The Balaban J connectivity index is 1.31. The van der Waals surface area contributed by atoms with E-state index in [0.717, 1.165) is 11.1 Å². The molecular weight excluding hydrogens is 432 g/mol. The van der Waals surface area contributed by atoms with Gasteiger partial charge in [0.2, 0.25) is 5.91 Å². The molecule has 1 saturated heterocycles. The van der Waals surface area contributed by atoms with Gasteiger partial charge < -0.3 is 20.1 Å². The Kier molecular flexibility index (Phi) is 6.39. The summed E-state index contributed by atoms with van der Waals surface area (Å²) in [7, 11) is 0. The van der Waals surface area contributed by atoms with Crippen molar-refractivity contribution < 1.29 is 24.2 Å². The van der Waals surface area contributed by atoms with Crippen molar-refractivity contribution in [2.45, 2.75) is 51.5 Å². The molecule has 2 N–H and O–H groups in total. The second-order valence-corrected chi connectivity index (χ2v) is 10.0. The molecule has 1 heterocycles. The number of likely N-dealkylation sites (tertiary alicyclic amines) is 1. The van der Waals surface area contributed by atoms with E-state index in [0.29, 0.717) is 25.8 Å². The van der Waals surface area contributed by atoms with E-state index < -0.39 is 23.0 Å². The zero-order valence-corrected chi connectivity index (χ0v) is 20.0. The van der Waals surface area contributed by atoms with Crippen molar-refractivity contribution in [3.63, 3.8) is 0 Å². The van der Waals surface area contributed by atoms with E-state index in [1.54, 1.807) is 20.8 Å². The average molecular weight is 465 g/mol. The Morgan fingerprint density at radius 2 is 1.68 bits per heavy atom. The molecule has 0 radical (unpaired) electrons. The number of carboxylic acid groups (broad SMARTS) is 1. The molecule has 1 fully saturated rings. The first kappa shape index (κ1) is 23.8. The molecule has 0 aromatic heterocycles. The van der Waals surface area contributed by atoms with Gasteiger partial charge in [0.25, 0.3) is 0 Å². The Hall–Kier alpha value is -3.35. The Labute approximate surface area is 200 Å². The van der Waals surface area contributed by atoms with Gasteiger partial charge in [0, 0.05) is 24.4 Å². The summed E-state index contributed by atoms with van der Waals surface area (Å²) < 4.78 is 5.56. The van der Waals surface area contributed by atoms with Gasteiger partial charge >= 0.3 is 12.1 Å². The van der Waals surface area contributed by atoms with Crippen LogP contribution in [0.15, 0.2) is 48.5 Å². The van der Waals surface area contributed by atoms with Gasteiger partial charge in [0.05, 0.1) is 0 Å². The standard InChI is InChI=1S/C27H32N2O5/c1-26(2,23(30)29-16-8-13-27(29,3)24(31)32)14-15-28-25(33)34-17-22-20-11-6-4-9-18(20)19-10-5-7-12-21(19)22/h4-7,9-12,22H,8,13-17H2,1-3H3,(H,28,33)(H,31,32)/t27-/m0/s1. The molecule has 2 amide bonds. The van der Waals surface area contributed by atoms with E-state index in [1.807, 2.05) is 24.3 Å². The second kappa shape index (κ2) is 9.12. The van der Waals surface area contributed by atoms with Gasteiger partial charge in [-0.05, 0) is 48.4 Å². The lowest BCUT2D eigenvalue weighted by atomic mass is 9.86. The molecule has 0 unspecified atom stereocenters. The molecule has 34 heavy (non-hydrogen) atoms. The number of alkyl carbamates (subject to hydrolysis) is 1. The minimum atomic E-state index is -1.17. The summed E-state index contributed by atoms with van der Waals surface area (Å²) >= 11 is 0. The Morgan fingerprint density at radius 1 is 1.09 bits per heavy atom. The molecule has 1 atom stereocenters. The first-order chi connectivity index (χ1) is 16.1. The number of hydrogen-bond donors (Lipinski definition) is 2. The molecule has 7 nitrogen and oxygen atoms in total. The molecular formula is C27H32N2O5. The zero-order valence-electron chi connectivity index (χ0n) is 20.0. The third-order valence-corrected chi connectivity index (χ3v) is 7.29. The van der Waals surface area contributed by atoms with E-state index in [4.69, 9.17) is 4.74 Å². The van der Waals surface area contributed by atoms with Crippen LogP contribution in [0.4, 0.5) is 4.79 Å². The average Bonchev–Trinajstić information content (AvgIpc) is 3.36. The Bertz CT molecular complexity index is 1070. The van der Waals surface area contributed by atoms with Crippen LogP contribution in [0.1, 0.15) is 57.1 Å². The summed E-state index contributed by atoms with van der Waals surface area (Å²) in [6.07, 6.45) is 0.967. The lowest BCUT2D eigenvalue weighted by Gasteiger charge is -2.37. The van der Waals surface area contributed by atoms with Crippen molar-refractivity contribution in [2.75, 3.05) is 19.7 Å². The molecule has 180 valence electrons. The number of carboxylic acids is 1. The third kappa shape index (κ3) is 4.27. The molecule has 0 spiro atoms. The highest BCUT2D eigenvalue weighted by Gasteiger charge is 2.49. The number of carbonyl (C=O) groups is 3. The maximum Gasteiger partial charge on any atom is 0.407 e. The predicted octanol–water partition coefficient (Wildman–Crippen LogP) is 4.41. The summed E-state index contributed by atoms with van der Waals surface area (Å²) in [4.78, 5) is 38.7. The number of nitrogens with zero attached hydrogens (tertiary/aromatic N) is 1. The van der Waals surface area contributed by atoms with E-state index in [-0.39, 0.29) is 25.0 Å². The summed E-state index contributed by atoms with van der Waals surface area (Å²) in [5, 5.41) is 12.4. The van der Waals surface area contributed by atoms with Crippen LogP contribution in [0.25, 0.3) is 11.1 Å². The fourth-order valence-corrected chi connectivity index (χ4v) is 5.11. The highest BCUT2D eigenvalue weighted by molar-refractivity contribution is 5.90. The largest absolute Gasteiger partial charge is 0.480 e. The number of rotatable bonds is 7. The van der Waals surface area contributed by atoms with Crippen molar-refractivity contribution in [2.24, 2.45) is 5.41 Å². The van der Waals surface area contributed by atoms with Gasteiger partial charge in [-0.3, -0.25) is 4.79 Å². The summed E-state index contributed by atoms with van der Waals surface area (Å²) in [5.41, 5.74) is 2.66. The van der Waals surface area contributed by atoms with Gasteiger partial charge in [-0.25, -0.2) is 9.59 Å². The number of fused-ring (bicyclic) bond motifs is 3. The van der Waals surface area contributed by atoms with E-state index in [2.05, 4.69) is 29.6 Å². The summed E-state index contributed by atoms with van der Waals surface area (Å²) in [6.45, 7) is 6.10. The molecule has 7 heteroatoms. The topological polar surface area (TPSA) is 95.9 Å². The monoisotopic (exact) mass is 464 g/mol. The third-order valence-electron chi connectivity index (χ3n) is 7.29. The molecule has 1 aliphatic carbocycles. The molecule has 0 saturated carbocycles. The van der Waals surface area contributed by atoms with Crippen molar-refractivity contribution in [1.29, 1.82) is 0 Å². The van der Waals surface area contributed by atoms with Crippen LogP contribution in [0, 0.1) is 5.41 Å². The highest BCUT2D eigenvalue weighted by atomic mass is 16.5. The van der Waals surface area contributed by atoms with Crippen LogP contribution < -0.4 is 5.32 Å². The van der Waals surface area contributed by atoms with Crippen molar-refractivity contribution >= 4 is 18.0 Å². The van der Waals surface area contributed by atoms with Crippen LogP contribution in [0.3, 0.4) is 0 Å². The van der Waals surface area contributed by atoms with Crippen molar-refractivity contribution in [1.82, 2.24) is 10.2 Å². The molecule has 2 aliphatic rings. The SMILES string of the molecule is CC(C)(CCNC(=O)OCC1c2ccccc2-c2ccccc21)C(=O)N1CCC[C@@]1(C)C(=O)O. The minimum absolute atomic E-state index is 0.0139. The number of carbonyl (C=O) groups excluding carboxylic acids is 2. The number of aliphatic carboxylic acids is 1. The molecule has 2 aromatic carbocycles. The highest BCUT2D eigenvalue weighted by Crippen LogP contribution is 2.44. The number of ether oxygens (including phenoxy) is 1. The van der Waals surface area contributed by atoms with Gasteiger partial charge in [-0.2, -0.15) is 0 Å². The minimum Gasteiger partial charge on any atom is -0.480 e. The lowest BCUT2D eigenvalue weighted by molar-refractivity contribution is -0.159. The fourth-order valence-electron chi connectivity index (χ4n) is 5.11. The van der Waals surface area contributed by atoms with Gasteiger partial charge in [0.1, 0.15) is 12.1 Å². The smallest absolute Gasteiger partial charge is 0.407 e. The van der Waals surface area contributed by atoms with Crippen LogP contribution in [-0.4, -0.2) is 53.2 Å².